The molecule has 0 heterocycles. The van der Waals surface area contributed by atoms with Crippen molar-refractivity contribution in [2.45, 2.75) is 30.2 Å². The minimum atomic E-state index is -3.88. The van der Waals surface area contributed by atoms with Gasteiger partial charge in [-0.2, -0.15) is 4.31 Å². The van der Waals surface area contributed by atoms with E-state index in [4.69, 9.17) is 16.7 Å². The molecule has 19 heavy (non-hydrogen) atoms. The van der Waals surface area contributed by atoms with Crippen LogP contribution in [-0.2, 0) is 10.0 Å². The fourth-order valence-electron chi connectivity index (χ4n) is 2.07. The third kappa shape index (κ3) is 2.91. The maximum atomic E-state index is 13.2. The van der Waals surface area contributed by atoms with Crippen LogP contribution in [0.4, 0.5) is 4.39 Å². The lowest BCUT2D eigenvalue weighted by Gasteiger charge is -2.36. The first kappa shape index (κ1) is 14.7. The molecule has 1 aliphatic carbocycles. The fourth-order valence-corrected chi connectivity index (χ4v) is 4.24. The van der Waals surface area contributed by atoms with Crippen LogP contribution in [0.3, 0.4) is 0 Å². The van der Waals surface area contributed by atoms with Gasteiger partial charge in [-0.25, -0.2) is 12.8 Å². The van der Waals surface area contributed by atoms with Gasteiger partial charge in [0.2, 0.25) is 10.0 Å². The molecule has 0 aliphatic heterocycles. The molecule has 106 valence electrons. The molecule has 7 heteroatoms. The van der Waals surface area contributed by atoms with E-state index in [1.807, 2.05) is 0 Å². The average Bonchev–Trinajstić information content (AvgIpc) is 2.29. The summed E-state index contributed by atoms with van der Waals surface area (Å²) in [6, 6.07) is 3.13. The smallest absolute Gasteiger partial charge is 0.244 e. The number of sulfonamides is 1. The Hall–Kier alpha value is -0.690. The Morgan fingerprint density at radius 1 is 1.42 bits per heavy atom. The minimum absolute atomic E-state index is 0.000157. The first-order valence-corrected chi connectivity index (χ1v) is 7.86. The number of rotatable bonds is 5. The second kappa shape index (κ2) is 5.75. The predicted octanol–water partition coefficient (Wildman–Crippen LogP) is 2.01. The van der Waals surface area contributed by atoms with Gasteiger partial charge < -0.3 is 5.11 Å². The maximum Gasteiger partial charge on any atom is 0.244 e. The molecule has 4 nitrogen and oxygen atoms in total. The van der Waals surface area contributed by atoms with E-state index in [1.54, 1.807) is 0 Å². The van der Waals surface area contributed by atoms with Crippen molar-refractivity contribution in [3.8, 4) is 0 Å². The third-order valence-electron chi connectivity index (χ3n) is 3.28. The number of halogens is 2. The molecule has 0 spiro atoms. The number of aliphatic hydroxyl groups excluding tert-OH is 1. The van der Waals surface area contributed by atoms with E-state index in [-0.39, 0.29) is 29.1 Å². The van der Waals surface area contributed by atoms with Crippen molar-refractivity contribution in [1.29, 1.82) is 0 Å². The number of hydrogen-bond acceptors (Lipinski definition) is 3. The average molecular weight is 308 g/mol. The first-order chi connectivity index (χ1) is 8.96. The largest absolute Gasteiger partial charge is 0.395 e. The van der Waals surface area contributed by atoms with Crippen LogP contribution >= 0.6 is 11.6 Å². The minimum Gasteiger partial charge on any atom is -0.395 e. The second-order valence-corrected chi connectivity index (χ2v) is 6.77. The summed E-state index contributed by atoms with van der Waals surface area (Å²) in [5, 5.41) is 9.02. The molecule has 1 aromatic carbocycles. The quantitative estimate of drug-likeness (QED) is 0.905. The zero-order valence-electron chi connectivity index (χ0n) is 10.2. The highest BCUT2D eigenvalue weighted by molar-refractivity contribution is 7.89. The lowest BCUT2D eigenvalue weighted by molar-refractivity contribution is 0.178. The third-order valence-corrected chi connectivity index (χ3v) is 5.72. The van der Waals surface area contributed by atoms with Crippen molar-refractivity contribution in [3.05, 3.63) is 29.0 Å². The van der Waals surface area contributed by atoms with E-state index in [1.165, 1.54) is 10.4 Å². The fraction of sp³-hybridized carbons (Fsp3) is 0.500. The van der Waals surface area contributed by atoms with Crippen LogP contribution in [0.15, 0.2) is 23.1 Å². The van der Waals surface area contributed by atoms with Crippen molar-refractivity contribution in [2.75, 3.05) is 13.2 Å². The summed E-state index contributed by atoms with van der Waals surface area (Å²) in [7, 11) is -3.88. The summed E-state index contributed by atoms with van der Waals surface area (Å²) in [5.41, 5.74) is 0. The Morgan fingerprint density at radius 2 is 2.11 bits per heavy atom. The van der Waals surface area contributed by atoms with E-state index in [0.29, 0.717) is 0 Å². The van der Waals surface area contributed by atoms with Crippen molar-refractivity contribution < 1.29 is 17.9 Å². The van der Waals surface area contributed by atoms with E-state index in [0.717, 1.165) is 31.4 Å². The maximum absolute atomic E-state index is 13.2. The van der Waals surface area contributed by atoms with E-state index >= 15 is 0 Å². The van der Waals surface area contributed by atoms with Gasteiger partial charge in [-0.15, -0.1) is 0 Å². The van der Waals surface area contributed by atoms with E-state index < -0.39 is 15.8 Å². The zero-order chi connectivity index (χ0) is 14.0. The van der Waals surface area contributed by atoms with Gasteiger partial charge in [-0.3, -0.25) is 0 Å². The Balaban J connectivity index is 2.40. The van der Waals surface area contributed by atoms with Crippen LogP contribution in [0.25, 0.3) is 0 Å². The summed E-state index contributed by atoms with van der Waals surface area (Å²) in [6.07, 6.45) is 2.47. The van der Waals surface area contributed by atoms with Gasteiger partial charge in [0.15, 0.2) is 0 Å². The summed E-state index contributed by atoms with van der Waals surface area (Å²) in [4.78, 5) is -0.241. The number of hydrogen-bond donors (Lipinski definition) is 1. The van der Waals surface area contributed by atoms with Crippen LogP contribution in [-0.4, -0.2) is 37.0 Å². The zero-order valence-corrected chi connectivity index (χ0v) is 11.8. The molecule has 1 saturated carbocycles. The van der Waals surface area contributed by atoms with Gasteiger partial charge in [0, 0.05) is 12.6 Å². The van der Waals surface area contributed by atoms with Gasteiger partial charge >= 0.3 is 0 Å². The van der Waals surface area contributed by atoms with Crippen LogP contribution in [0.2, 0.25) is 5.02 Å². The monoisotopic (exact) mass is 307 g/mol. The normalized spacial score (nSPS) is 16.6. The first-order valence-electron chi connectivity index (χ1n) is 6.04. The van der Waals surface area contributed by atoms with Crippen molar-refractivity contribution >= 4 is 21.6 Å². The van der Waals surface area contributed by atoms with Gasteiger partial charge in [0.1, 0.15) is 10.7 Å². The number of nitrogens with zero attached hydrogens (tertiary/aromatic N) is 1. The SMILES string of the molecule is O=S(=O)(c1cc(F)ccc1Cl)N(CCO)C1CCC1. The molecule has 0 amide bonds. The topological polar surface area (TPSA) is 57.6 Å². The molecule has 1 aliphatic rings. The standard InChI is InChI=1S/C12H15ClFNO3S/c13-11-5-4-9(14)8-12(11)19(17,18)15(6-7-16)10-2-1-3-10/h4-5,8,10,16H,1-3,6-7H2. The van der Waals surface area contributed by atoms with Crippen molar-refractivity contribution in [2.24, 2.45) is 0 Å². The molecule has 0 aromatic heterocycles. The summed E-state index contributed by atoms with van der Waals surface area (Å²) >= 11 is 5.86. The van der Waals surface area contributed by atoms with Gasteiger partial charge in [-0.05, 0) is 31.0 Å². The molecular weight excluding hydrogens is 293 g/mol. The lowest BCUT2D eigenvalue weighted by Crippen LogP contribution is -2.45. The summed E-state index contributed by atoms with van der Waals surface area (Å²) in [5.74, 6) is -0.652. The molecular formula is C12H15ClFNO3S. The molecule has 1 fully saturated rings. The number of aliphatic hydroxyl groups is 1. The Kier molecular flexibility index (Phi) is 4.45. The van der Waals surface area contributed by atoms with Crippen molar-refractivity contribution in [3.63, 3.8) is 0 Å². The highest BCUT2D eigenvalue weighted by Crippen LogP contribution is 2.32. The molecule has 1 aromatic rings. The molecule has 2 rings (SSSR count). The molecule has 0 saturated heterocycles. The molecule has 1 N–H and O–H groups in total. The summed E-state index contributed by atoms with van der Waals surface area (Å²) in [6.45, 7) is -0.275. The molecule has 0 atom stereocenters. The second-order valence-electron chi connectivity index (χ2n) is 4.50. The van der Waals surface area contributed by atoms with E-state index in [2.05, 4.69) is 0 Å². The van der Waals surface area contributed by atoms with Crippen LogP contribution < -0.4 is 0 Å². The molecule has 0 unspecified atom stereocenters. The van der Waals surface area contributed by atoms with Gasteiger partial charge in [0.05, 0.1) is 11.6 Å². The van der Waals surface area contributed by atoms with Crippen molar-refractivity contribution in [1.82, 2.24) is 4.31 Å². The highest BCUT2D eigenvalue weighted by Gasteiger charge is 2.35. The van der Waals surface area contributed by atoms with E-state index in [9.17, 15) is 12.8 Å². The molecule has 0 radical (unpaired) electrons. The van der Waals surface area contributed by atoms with Gasteiger partial charge in [0.25, 0.3) is 0 Å². The number of benzene rings is 1. The van der Waals surface area contributed by atoms with Crippen LogP contribution in [0, 0.1) is 5.82 Å². The highest BCUT2D eigenvalue weighted by atomic mass is 35.5. The Labute approximate surface area is 116 Å². The van der Waals surface area contributed by atoms with Crippen LogP contribution in [0.5, 0.6) is 0 Å². The molecule has 0 bridgehead atoms. The van der Waals surface area contributed by atoms with Crippen LogP contribution in [0.1, 0.15) is 19.3 Å². The predicted molar refractivity (Wildman–Crippen MR) is 70.0 cm³/mol. The Morgan fingerprint density at radius 3 is 2.63 bits per heavy atom. The lowest BCUT2D eigenvalue weighted by atomic mass is 9.93. The van der Waals surface area contributed by atoms with Gasteiger partial charge in [-0.1, -0.05) is 18.0 Å². The Bertz CT molecular complexity index is 560. The summed E-state index contributed by atoms with van der Waals surface area (Å²) < 4.78 is 39.4.